The molecule has 2 aromatic rings. The monoisotopic (exact) mass is 242 g/mol. The van der Waals surface area contributed by atoms with E-state index in [1.807, 2.05) is 0 Å². The standard InChI is InChI=1S/C9H4Cl2N2O2/c10-7-6-4(8(14)15)2-1-3-5(6)12-9(11)13-7/h1-3H,(H,14,15). The van der Waals surface area contributed by atoms with Crippen molar-refractivity contribution in [2.45, 2.75) is 0 Å². The second-order valence-electron chi connectivity index (χ2n) is 2.79. The number of aromatic nitrogens is 2. The minimum atomic E-state index is -1.08. The molecule has 0 unspecified atom stereocenters. The molecule has 76 valence electrons. The van der Waals surface area contributed by atoms with Crippen LogP contribution in [0.15, 0.2) is 18.2 Å². The van der Waals surface area contributed by atoms with Crippen LogP contribution in [0, 0.1) is 0 Å². The number of halogens is 2. The Morgan fingerprint density at radius 1 is 1.27 bits per heavy atom. The molecular formula is C9H4Cl2N2O2. The normalized spacial score (nSPS) is 10.5. The number of hydrogen-bond donors (Lipinski definition) is 1. The smallest absolute Gasteiger partial charge is 0.336 e. The molecule has 0 aliphatic carbocycles. The predicted octanol–water partition coefficient (Wildman–Crippen LogP) is 2.63. The average Bonchev–Trinajstić information content (AvgIpc) is 2.16. The summed E-state index contributed by atoms with van der Waals surface area (Å²) in [5.74, 6) is -1.08. The largest absolute Gasteiger partial charge is 0.478 e. The first-order valence-corrected chi connectivity index (χ1v) is 4.70. The van der Waals surface area contributed by atoms with Crippen molar-refractivity contribution < 1.29 is 9.90 Å². The SMILES string of the molecule is O=C(O)c1cccc2nc(Cl)nc(Cl)c12. The molecule has 0 bridgehead atoms. The summed E-state index contributed by atoms with van der Waals surface area (Å²) in [5, 5.41) is 9.27. The lowest BCUT2D eigenvalue weighted by atomic mass is 10.1. The molecular weight excluding hydrogens is 239 g/mol. The van der Waals surface area contributed by atoms with Gasteiger partial charge in [-0.05, 0) is 23.7 Å². The molecule has 0 spiro atoms. The highest BCUT2D eigenvalue weighted by Crippen LogP contribution is 2.25. The van der Waals surface area contributed by atoms with Crippen molar-refractivity contribution in [2.75, 3.05) is 0 Å². The van der Waals surface area contributed by atoms with Gasteiger partial charge in [-0.25, -0.2) is 14.8 Å². The number of carbonyl (C=O) groups is 1. The maximum absolute atomic E-state index is 10.9. The second-order valence-corrected chi connectivity index (χ2v) is 3.48. The van der Waals surface area contributed by atoms with Gasteiger partial charge in [0.05, 0.1) is 16.5 Å². The van der Waals surface area contributed by atoms with Crippen molar-refractivity contribution in [1.29, 1.82) is 0 Å². The van der Waals surface area contributed by atoms with Crippen LogP contribution in [0.1, 0.15) is 10.4 Å². The zero-order valence-corrected chi connectivity index (χ0v) is 8.75. The first-order valence-electron chi connectivity index (χ1n) is 3.94. The molecule has 1 aromatic carbocycles. The van der Waals surface area contributed by atoms with Crippen LogP contribution < -0.4 is 0 Å². The lowest BCUT2D eigenvalue weighted by Crippen LogP contribution is -1.99. The van der Waals surface area contributed by atoms with Gasteiger partial charge >= 0.3 is 5.97 Å². The Morgan fingerprint density at radius 2 is 2.00 bits per heavy atom. The highest BCUT2D eigenvalue weighted by molar-refractivity contribution is 6.36. The zero-order valence-electron chi connectivity index (χ0n) is 7.24. The summed E-state index contributed by atoms with van der Waals surface area (Å²) in [6.07, 6.45) is 0. The lowest BCUT2D eigenvalue weighted by molar-refractivity contribution is 0.0699. The quantitative estimate of drug-likeness (QED) is 0.617. The van der Waals surface area contributed by atoms with E-state index < -0.39 is 5.97 Å². The zero-order chi connectivity index (χ0) is 11.0. The van der Waals surface area contributed by atoms with Crippen molar-refractivity contribution in [3.63, 3.8) is 0 Å². The number of carboxylic acid groups (broad SMARTS) is 1. The molecule has 0 saturated carbocycles. The van der Waals surface area contributed by atoms with Crippen LogP contribution in [-0.4, -0.2) is 21.0 Å². The van der Waals surface area contributed by atoms with Gasteiger partial charge in [-0.1, -0.05) is 17.7 Å². The molecule has 0 fully saturated rings. The summed E-state index contributed by atoms with van der Waals surface area (Å²) in [6, 6.07) is 4.64. The minimum Gasteiger partial charge on any atom is -0.478 e. The third kappa shape index (κ3) is 1.73. The van der Waals surface area contributed by atoms with E-state index in [1.165, 1.54) is 6.07 Å². The van der Waals surface area contributed by atoms with Gasteiger partial charge in [0, 0.05) is 0 Å². The van der Waals surface area contributed by atoms with E-state index in [-0.39, 0.29) is 16.0 Å². The molecule has 0 amide bonds. The van der Waals surface area contributed by atoms with Gasteiger partial charge in [0.2, 0.25) is 5.28 Å². The molecule has 0 radical (unpaired) electrons. The maximum Gasteiger partial charge on any atom is 0.336 e. The molecule has 1 heterocycles. The van der Waals surface area contributed by atoms with Gasteiger partial charge < -0.3 is 5.11 Å². The first kappa shape index (κ1) is 10.1. The number of hydrogen-bond acceptors (Lipinski definition) is 3. The molecule has 4 nitrogen and oxygen atoms in total. The molecule has 6 heteroatoms. The summed E-state index contributed by atoms with van der Waals surface area (Å²) in [7, 11) is 0. The molecule has 0 atom stereocenters. The fourth-order valence-corrected chi connectivity index (χ4v) is 1.79. The van der Waals surface area contributed by atoms with E-state index in [2.05, 4.69) is 9.97 Å². The van der Waals surface area contributed by atoms with E-state index in [0.29, 0.717) is 10.9 Å². The number of rotatable bonds is 1. The van der Waals surface area contributed by atoms with E-state index >= 15 is 0 Å². The van der Waals surface area contributed by atoms with Crippen molar-refractivity contribution in [2.24, 2.45) is 0 Å². The van der Waals surface area contributed by atoms with Gasteiger partial charge in [0.15, 0.2) is 0 Å². The Bertz CT molecular complexity index is 557. The van der Waals surface area contributed by atoms with Crippen LogP contribution in [-0.2, 0) is 0 Å². The summed E-state index contributed by atoms with van der Waals surface area (Å²) in [4.78, 5) is 18.5. The number of fused-ring (bicyclic) bond motifs is 1. The Morgan fingerprint density at radius 3 is 2.67 bits per heavy atom. The van der Waals surface area contributed by atoms with Gasteiger partial charge in [-0.2, -0.15) is 0 Å². The topological polar surface area (TPSA) is 63.1 Å². The Kier molecular flexibility index (Phi) is 2.46. The van der Waals surface area contributed by atoms with Crippen LogP contribution >= 0.6 is 23.2 Å². The van der Waals surface area contributed by atoms with Gasteiger partial charge in [-0.3, -0.25) is 0 Å². The van der Waals surface area contributed by atoms with Crippen molar-refractivity contribution in [3.05, 3.63) is 34.2 Å². The number of nitrogens with zero attached hydrogens (tertiary/aromatic N) is 2. The maximum atomic E-state index is 10.9. The number of carboxylic acids is 1. The highest BCUT2D eigenvalue weighted by atomic mass is 35.5. The van der Waals surface area contributed by atoms with E-state index in [4.69, 9.17) is 28.3 Å². The van der Waals surface area contributed by atoms with E-state index in [1.54, 1.807) is 12.1 Å². The molecule has 1 N–H and O–H groups in total. The fourth-order valence-electron chi connectivity index (χ4n) is 1.29. The highest BCUT2D eigenvalue weighted by Gasteiger charge is 2.13. The lowest BCUT2D eigenvalue weighted by Gasteiger charge is -2.03. The summed E-state index contributed by atoms with van der Waals surface area (Å²) in [6.45, 7) is 0. The molecule has 2 rings (SSSR count). The fraction of sp³-hybridized carbons (Fsp3) is 0. The average molecular weight is 243 g/mol. The Labute approximate surface area is 94.5 Å². The Hall–Kier alpha value is -1.39. The van der Waals surface area contributed by atoms with E-state index in [0.717, 1.165) is 0 Å². The van der Waals surface area contributed by atoms with Gasteiger partial charge in [0.25, 0.3) is 0 Å². The van der Waals surface area contributed by atoms with Crippen LogP contribution in [0.2, 0.25) is 10.4 Å². The molecule has 0 saturated heterocycles. The Balaban J connectivity index is 2.91. The molecule has 0 aliphatic heterocycles. The number of aromatic carboxylic acids is 1. The van der Waals surface area contributed by atoms with Crippen LogP contribution in [0.25, 0.3) is 10.9 Å². The van der Waals surface area contributed by atoms with Crippen LogP contribution in [0.4, 0.5) is 0 Å². The predicted molar refractivity (Wildman–Crippen MR) is 56.5 cm³/mol. The van der Waals surface area contributed by atoms with Gasteiger partial charge in [-0.15, -0.1) is 0 Å². The third-order valence-electron chi connectivity index (χ3n) is 1.88. The van der Waals surface area contributed by atoms with Crippen molar-refractivity contribution in [3.8, 4) is 0 Å². The summed E-state index contributed by atoms with van der Waals surface area (Å²) >= 11 is 11.4. The van der Waals surface area contributed by atoms with Gasteiger partial charge in [0.1, 0.15) is 5.15 Å². The molecule has 0 aliphatic rings. The summed E-state index contributed by atoms with van der Waals surface area (Å²) < 4.78 is 0. The first-order chi connectivity index (χ1) is 7.09. The second kappa shape index (κ2) is 3.64. The molecule has 15 heavy (non-hydrogen) atoms. The van der Waals surface area contributed by atoms with Crippen molar-refractivity contribution >= 4 is 40.1 Å². The van der Waals surface area contributed by atoms with Crippen LogP contribution in [0.3, 0.4) is 0 Å². The number of benzene rings is 1. The van der Waals surface area contributed by atoms with E-state index in [9.17, 15) is 4.79 Å². The summed E-state index contributed by atoms with van der Waals surface area (Å²) in [5.41, 5.74) is 0.481. The minimum absolute atomic E-state index is 0.00459. The van der Waals surface area contributed by atoms with Crippen molar-refractivity contribution in [1.82, 2.24) is 9.97 Å². The molecule has 1 aromatic heterocycles. The van der Waals surface area contributed by atoms with Crippen LogP contribution in [0.5, 0.6) is 0 Å². The third-order valence-corrected chi connectivity index (χ3v) is 2.32.